The highest BCUT2D eigenvalue weighted by Crippen LogP contribution is 2.19. The quantitative estimate of drug-likeness (QED) is 0.422. The summed E-state index contributed by atoms with van der Waals surface area (Å²) in [6.45, 7) is -0.427. The maximum atomic E-state index is 14.6. The van der Waals surface area contributed by atoms with Gasteiger partial charge in [0.1, 0.15) is 5.82 Å². The molecule has 0 radical (unpaired) electrons. The second-order valence-electron chi connectivity index (χ2n) is 8.08. The van der Waals surface area contributed by atoms with Gasteiger partial charge in [-0.05, 0) is 29.3 Å². The first-order valence-electron chi connectivity index (χ1n) is 10.7. The summed E-state index contributed by atoms with van der Waals surface area (Å²) in [7, 11) is -3.60. The minimum absolute atomic E-state index is 0.0277. The molecule has 0 bridgehead atoms. The molecule has 1 aromatic heterocycles. The van der Waals surface area contributed by atoms with Crippen molar-refractivity contribution in [1.82, 2.24) is 14.3 Å². The van der Waals surface area contributed by atoms with Crippen molar-refractivity contribution in [3.8, 4) is 11.3 Å². The van der Waals surface area contributed by atoms with Crippen LogP contribution in [0.4, 0.5) is 4.39 Å². The summed E-state index contributed by atoms with van der Waals surface area (Å²) < 4.78 is 41.0. The van der Waals surface area contributed by atoms with Crippen LogP contribution < -0.4 is 17.0 Å². The Bertz CT molecular complexity index is 1600. The third-order valence-corrected chi connectivity index (χ3v) is 6.75. The van der Waals surface area contributed by atoms with Crippen LogP contribution in [0.1, 0.15) is 17.2 Å². The maximum absolute atomic E-state index is 14.6. The number of benzene rings is 3. The van der Waals surface area contributed by atoms with Gasteiger partial charge in [-0.2, -0.15) is 5.10 Å². The minimum Gasteiger partial charge on any atom is -0.322 e. The van der Waals surface area contributed by atoms with Crippen molar-refractivity contribution in [2.24, 2.45) is 5.73 Å². The van der Waals surface area contributed by atoms with Crippen molar-refractivity contribution in [3.05, 3.63) is 117 Å². The summed E-state index contributed by atoms with van der Waals surface area (Å²) in [4.78, 5) is 26.7. The van der Waals surface area contributed by atoms with E-state index in [1.54, 1.807) is 48.5 Å². The van der Waals surface area contributed by atoms with Crippen LogP contribution in [0.3, 0.4) is 0 Å². The van der Waals surface area contributed by atoms with Gasteiger partial charge in [0.15, 0.2) is 15.5 Å². The Morgan fingerprint density at radius 2 is 1.57 bits per heavy atom. The van der Waals surface area contributed by atoms with Crippen LogP contribution in [-0.4, -0.2) is 29.0 Å². The number of nitrogens with two attached hydrogens (primary N) is 1. The molecule has 0 fully saturated rings. The third-order valence-electron chi connectivity index (χ3n) is 5.55. The van der Waals surface area contributed by atoms with E-state index in [0.717, 1.165) is 15.5 Å². The van der Waals surface area contributed by atoms with Crippen LogP contribution in [-0.2, 0) is 22.9 Å². The smallest absolute Gasteiger partial charge is 0.322 e. The van der Waals surface area contributed by atoms with Crippen LogP contribution in [0, 0.1) is 5.82 Å². The Balaban J connectivity index is 1.90. The normalized spacial score (nSPS) is 12.4. The van der Waals surface area contributed by atoms with Gasteiger partial charge in [-0.15, -0.1) is 0 Å². The molecule has 0 amide bonds. The molecule has 0 saturated heterocycles. The van der Waals surface area contributed by atoms with E-state index < -0.39 is 32.9 Å². The van der Waals surface area contributed by atoms with Crippen molar-refractivity contribution < 1.29 is 12.8 Å². The molecule has 8 nitrogen and oxygen atoms in total. The Morgan fingerprint density at radius 1 is 0.943 bits per heavy atom. The molecule has 1 heterocycles. The Labute approximate surface area is 201 Å². The monoisotopic (exact) mass is 494 g/mol. The summed E-state index contributed by atoms with van der Waals surface area (Å²) in [6.07, 6.45) is 1.06. The van der Waals surface area contributed by atoms with Gasteiger partial charge < -0.3 is 5.73 Å². The second-order valence-corrected chi connectivity index (χ2v) is 10.1. The van der Waals surface area contributed by atoms with Gasteiger partial charge in [0.25, 0.3) is 5.56 Å². The molecule has 0 aliphatic carbocycles. The lowest BCUT2D eigenvalue weighted by Gasteiger charge is -2.17. The third kappa shape index (κ3) is 5.13. The maximum Gasteiger partial charge on any atom is 0.347 e. The number of halogens is 1. The van der Waals surface area contributed by atoms with Gasteiger partial charge in [0.2, 0.25) is 0 Å². The van der Waals surface area contributed by atoms with E-state index in [1.165, 1.54) is 24.3 Å². The molecule has 3 aromatic carbocycles. The van der Waals surface area contributed by atoms with Gasteiger partial charge in [-0.3, -0.25) is 9.36 Å². The predicted molar refractivity (Wildman–Crippen MR) is 130 cm³/mol. The van der Waals surface area contributed by atoms with E-state index in [0.29, 0.717) is 11.1 Å². The topological polar surface area (TPSA) is 117 Å². The summed E-state index contributed by atoms with van der Waals surface area (Å²) >= 11 is 0. The molecule has 1 atom stereocenters. The van der Waals surface area contributed by atoms with Crippen LogP contribution in [0.2, 0.25) is 0 Å². The lowest BCUT2D eigenvalue weighted by molar-refractivity contribution is 0.481. The molecule has 4 rings (SSSR count). The van der Waals surface area contributed by atoms with E-state index in [4.69, 9.17) is 5.73 Å². The highest BCUT2D eigenvalue weighted by molar-refractivity contribution is 7.90. The van der Waals surface area contributed by atoms with Crippen LogP contribution in [0.5, 0.6) is 0 Å². The summed E-state index contributed by atoms with van der Waals surface area (Å²) in [5, 5.41) is 4.16. The second kappa shape index (κ2) is 9.77. The predicted octanol–water partition coefficient (Wildman–Crippen LogP) is 2.36. The van der Waals surface area contributed by atoms with Crippen LogP contribution in [0.15, 0.2) is 93.3 Å². The first-order chi connectivity index (χ1) is 16.7. The molecule has 4 aromatic rings. The number of rotatable bonds is 7. The fourth-order valence-electron chi connectivity index (χ4n) is 3.81. The van der Waals surface area contributed by atoms with Crippen molar-refractivity contribution in [2.45, 2.75) is 24.0 Å². The van der Waals surface area contributed by atoms with E-state index >= 15 is 0 Å². The van der Waals surface area contributed by atoms with Crippen molar-refractivity contribution in [1.29, 1.82) is 0 Å². The molecular formula is C25H23FN4O4S. The standard InChI is InChI=1S/C25H23FN4O4S/c1-35(33,34)22-14-8-5-11-18(22)15-30-25(32)29(16-21(27)17-9-3-2-4-10-17)24(31)23(28-30)19-12-6-7-13-20(19)26/h2-14,21H,15-16,27H2,1H3. The van der Waals surface area contributed by atoms with E-state index in [9.17, 15) is 22.4 Å². The highest BCUT2D eigenvalue weighted by atomic mass is 32.2. The molecule has 0 spiro atoms. The summed E-state index contributed by atoms with van der Waals surface area (Å²) in [5.41, 5.74) is 5.36. The van der Waals surface area contributed by atoms with Gasteiger partial charge in [-0.1, -0.05) is 60.7 Å². The Kier molecular flexibility index (Phi) is 6.77. The fourth-order valence-corrected chi connectivity index (χ4v) is 4.74. The SMILES string of the molecule is CS(=O)(=O)c1ccccc1Cn1nc(-c2ccccc2F)c(=O)n(CC(N)c2ccccc2)c1=O. The molecule has 1 unspecified atom stereocenters. The zero-order valence-electron chi connectivity index (χ0n) is 18.8. The van der Waals surface area contributed by atoms with Gasteiger partial charge >= 0.3 is 5.69 Å². The molecule has 2 N–H and O–H groups in total. The average Bonchev–Trinajstić information content (AvgIpc) is 2.84. The van der Waals surface area contributed by atoms with E-state index in [1.807, 2.05) is 6.07 Å². The number of sulfone groups is 1. The Morgan fingerprint density at radius 3 is 2.26 bits per heavy atom. The van der Waals surface area contributed by atoms with E-state index in [2.05, 4.69) is 5.10 Å². The largest absolute Gasteiger partial charge is 0.347 e. The highest BCUT2D eigenvalue weighted by Gasteiger charge is 2.21. The molecule has 10 heteroatoms. The first-order valence-corrected chi connectivity index (χ1v) is 12.6. The summed E-state index contributed by atoms with van der Waals surface area (Å²) in [6, 6.07) is 20.0. The Hall–Kier alpha value is -3.89. The van der Waals surface area contributed by atoms with E-state index in [-0.39, 0.29) is 29.2 Å². The zero-order chi connectivity index (χ0) is 25.2. The van der Waals surface area contributed by atoms with Crippen LogP contribution >= 0.6 is 0 Å². The minimum atomic E-state index is -3.60. The zero-order valence-corrected chi connectivity index (χ0v) is 19.7. The van der Waals surface area contributed by atoms with Crippen molar-refractivity contribution >= 4 is 9.84 Å². The summed E-state index contributed by atoms with van der Waals surface area (Å²) in [5.74, 6) is -0.683. The number of hydrogen-bond donors (Lipinski definition) is 1. The van der Waals surface area contributed by atoms with Gasteiger partial charge in [-0.25, -0.2) is 22.3 Å². The van der Waals surface area contributed by atoms with Gasteiger partial charge in [0.05, 0.1) is 18.0 Å². The molecular weight excluding hydrogens is 471 g/mol. The van der Waals surface area contributed by atoms with Crippen molar-refractivity contribution in [3.63, 3.8) is 0 Å². The van der Waals surface area contributed by atoms with Gasteiger partial charge in [0, 0.05) is 17.9 Å². The first kappa shape index (κ1) is 24.2. The van der Waals surface area contributed by atoms with Crippen LogP contribution in [0.25, 0.3) is 11.3 Å². The average molecular weight is 495 g/mol. The number of hydrogen-bond acceptors (Lipinski definition) is 6. The number of aromatic nitrogens is 3. The molecule has 0 aliphatic rings. The lowest BCUT2D eigenvalue weighted by Crippen LogP contribution is -2.44. The molecule has 0 aliphatic heterocycles. The fraction of sp³-hybridized carbons (Fsp3) is 0.160. The molecule has 0 saturated carbocycles. The van der Waals surface area contributed by atoms with Crippen molar-refractivity contribution in [2.75, 3.05) is 6.26 Å². The molecule has 180 valence electrons. The number of nitrogens with zero attached hydrogens (tertiary/aromatic N) is 3. The molecule has 35 heavy (non-hydrogen) atoms. The lowest BCUT2D eigenvalue weighted by atomic mass is 10.1.